The van der Waals surface area contributed by atoms with Crippen molar-refractivity contribution in [1.29, 1.82) is 0 Å². The number of rotatable bonds is 4. The number of nitrogens with two attached hydrogens (primary N) is 2. The SMILES string of the molecule is NC(=O)c1cc(N)ccc1NCc1ncon1. The fraction of sp³-hybridized carbons (Fsp3) is 0.100. The summed E-state index contributed by atoms with van der Waals surface area (Å²) in [6.45, 7) is 0.334. The zero-order chi connectivity index (χ0) is 12.3. The number of anilines is 2. The topological polar surface area (TPSA) is 120 Å². The van der Waals surface area contributed by atoms with Crippen molar-refractivity contribution in [1.82, 2.24) is 10.1 Å². The summed E-state index contributed by atoms with van der Waals surface area (Å²) in [5.41, 5.74) is 12.2. The smallest absolute Gasteiger partial charge is 0.250 e. The van der Waals surface area contributed by atoms with E-state index in [1.54, 1.807) is 12.1 Å². The first-order valence-electron chi connectivity index (χ1n) is 4.85. The highest BCUT2D eigenvalue weighted by molar-refractivity contribution is 5.99. The second-order valence-corrected chi connectivity index (χ2v) is 3.37. The van der Waals surface area contributed by atoms with Crippen LogP contribution in [-0.2, 0) is 6.54 Å². The molecular weight excluding hydrogens is 222 g/mol. The maximum Gasteiger partial charge on any atom is 0.250 e. The summed E-state index contributed by atoms with van der Waals surface area (Å²) in [6, 6.07) is 4.86. The molecule has 0 spiro atoms. The van der Waals surface area contributed by atoms with Gasteiger partial charge < -0.3 is 21.3 Å². The molecule has 17 heavy (non-hydrogen) atoms. The van der Waals surface area contributed by atoms with Crippen LogP contribution >= 0.6 is 0 Å². The molecule has 0 aliphatic rings. The molecule has 0 aliphatic carbocycles. The van der Waals surface area contributed by atoms with Gasteiger partial charge in [-0.2, -0.15) is 4.98 Å². The minimum atomic E-state index is -0.548. The van der Waals surface area contributed by atoms with Gasteiger partial charge in [0.2, 0.25) is 6.39 Å². The highest BCUT2D eigenvalue weighted by Crippen LogP contribution is 2.18. The van der Waals surface area contributed by atoms with E-state index in [1.165, 1.54) is 12.5 Å². The third-order valence-electron chi connectivity index (χ3n) is 2.15. The second-order valence-electron chi connectivity index (χ2n) is 3.37. The van der Waals surface area contributed by atoms with E-state index in [2.05, 4.69) is 20.0 Å². The molecule has 0 bridgehead atoms. The largest absolute Gasteiger partial charge is 0.399 e. The molecule has 0 aliphatic heterocycles. The number of nitrogens with one attached hydrogen (secondary N) is 1. The number of carbonyl (C=O) groups is 1. The van der Waals surface area contributed by atoms with Gasteiger partial charge in [-0.25, -0.2) is 0 Å². The number of carbonyl (C=O) groups excluding carboxylic acids is 1. The van der Waals surface area contributed by atoms with Gasteiger partial charge >= 0.3 is 0 Å². The lowest BCUT2D eigenvalue weighted by Gasteiger charge is -2.08. The number of hydrogen-bond acceptors (Lipinski definition) is 6. The Balaban J connectivity index is 2.17. The molecule has 0 radical (unpaired) electrons. The molecule has 1 heterocycles. The fourth-order valence-corrected chi connectivity index (χ4v) is 1.36. The summed E-state index contributed by atoms with van der Waals surface area (Å²) in [5.74, 6) is -0.0647. The summed E-state index contributed by atoms with van der Waals surface area (Å²) in [6.07, 6.45) is 1.23. The molecule has 2 aromatic rings. The van der Waals surface area contributed by atoms with Crippen molar-refractivity contribution in [3.8, 4) is 0 Å². The average molecular weight is 233 g/mol. The molecule has 1 amide bonds. The Morgan fingerprint density at radius 1 is 1.47 bits per heavy atom. The van der Waals surface area contributed by atoms with Gasteiger partial charge in [0.15, 0.2) is 5.82 Å². The van der Waals surface area contributed by atoms with Gasteiger partial charge in [-0.3, -0.25) is 4.79 Å². The lowest BCUT2D eigenvalue weighted by molar-refractivity contribution is 0.100. The van der Waals surface area contributed by atoms with Gasteiger partial charge in [0.1, 0.15) is 0 Å². The first-order valence-corrected chi connectivity index (χ1v) is 4.85. The molecular formula is C10H11N5O2. The summed E-state index contributed by atoms with van der Waals surface area (Å²) >= 11 is 0. The van der Waals surface area contributed by atoms with Gasteiger partial charge in [-0.05, 0) is 18.2 Å². The Hall–Kier alpha value is -2.57. The van der Waals surface area contributed by atoms with E-state index in [0.717, 1.165) is 0 Å². The molecule has 0 saturated heterocycles. The molecule has 7 nitrogen and oxygen atoms in total. The monoisotopic (exact) mass is 233 g/mol. The minimum absolute atomic E-state index is 0.327. The normalized spacial score (nSPS) is 10.1. The van der Waals surface area contributed by atoms with Crippen molar-refractivity contribution in [2.45, 2.75) is 6.54 Å². The molecule has 88 valence electrons. The van der Waals surface area contributed by atoms with E-state index >= 15 is 0 Å². The maximum absolute atomic E-state index is 11.2. The minimum Gasteiger partial charge on any atom is -0.399 e. The van der Waals surface area contributed by atoms with E-state index in [9.17, 15) is 4.79 Å². The van der Waals surface area contributed by atoms with Crippen molar-refractivity contribution in [3.63, 3.8) is 0 Å². The summed E-state index contributed by atoms with van der Waals surface area (Å²) in [7, 11) is 0. The van der Waals surface area contributed by atoms with Crippen molar-refractivity contribution in [3.05, 3.63) is 36.0 Å². The van der Waals surface area contributed by atoms with E-state index in [4.69, 9.17) is 11.5 Å². The highest BCUT2D eigenvalue weighted by atomic mass is 16.5. The quantitative estimate of drug-likeness (QED) is 0.656. The van der Waals surface area contributed by atoms with Crippen LogP contribution in [-0.4, -0.2) is 16.0 Å². The van der Waals surface area contributed by atoms with Gasteiger partial charge in [0, 0.05) is 11.4 Å². The maximum atomic E-state index is 11.2. The van der Waals surface area contributed by atoms with Crippen molar-refractivity contribution in [2.75, 3.05) is 11.1 Å². The van der Waals surface area contributed by atoms with Crippen LogP contribution in [0, 0.1) is 0 Å². The summed E-state index contributed by atoms with van der Waals surface area (Å²) in [4.78, 5) is 15.1. The first kappa shape index (κ1) is 10.9. The average Bonchev–Trinajstić information content (AvgIpc) is 2.80. The van der Waals surface area contributed by atoms with E-state index in [1.807, 2.05) is 0 Å². The molecule has 0 fully saturated rings. The third kappa shape index (κ3) is 2.51. The van der Waals surface area contributed by atoms with Crippen LogP contribution < -0.4 is 16.8 Å². The fourth-order valence-electron chi connectivity index (χ4n) is 1.36. The number of nitrogen functional groups attached to an aromatic ring is 1. The van der Waals surface area contributed by atoms with E-state index in [0.29, 0.717) is 29.3 Å². The standard InChI is InChI=1S/C10H11N5O2/c11-6-1-2-8(7(3-6)10(12)16)13-4-9-14-5-17-15-9/h1-3,5,13H,4,11H2,(H2,12,16). The van der Waals surface area contributed by atoms with Gasteiger partial charge in [-0.1, -0.05) is 5.16 Å². The number of benzene rings is 1. The van der Waals surface area contributed by atoms with Crippen LogP contribution in [0.2, 0.25) is 0 Å². The predicted molar refractivity (Wildman–Crippen MR) is 61.0 cm³/mol. The first-order chi connectivity index (χ1) is 8.16. The number of amides is 1. The number of aromatic nitrogens is 2. The number of nitrogens with zero attached hydrogens (tertiary/aromatic N) is 2. The van der Waals surface area contributed by atoms with Crippen LogP contribution in [0.4, 0.5) is 11.4 Å². The van der Waals surface area contributed by atoms with Gasteiger partial charge in [-0.15, -0.1) is 0 Å². The second kappa shape index (κ2) is 4.52. The van der Waals surface area contributed by atoms with Crippen LogP contribution in [0.1, 0.15) is 16.2 Å². The van der Waals surface area contributed by atoms with Crippen molar-refractivity contribution in [2.24, 2.45) is 5.73 Å². The Bertz CT molecular complexity index is 523. The predicted octanol–water partition coefficient (Wildman–Crippen LogP) is 0.363. The summed E-state index contributed by atoms with van der Waals surface area (Å²) < 4.78 is 4.59. The number of hydrogen-bond donors (Lipinski definition) is 3. The van der Waals surface area contributed by atoms with Gasteiger partial charge in [0.25, 0.3) is 5.91 Å². The highest BCUT2D eigenvalue weighted by Gasteiger charge is 2.09. The zero-order valence-corrected chi connectivity index (χ0v) is 8.88. The molecule has 1 aromatic carbocycles. The van der Waals surface area contributed by atoms with E-state index < -0.39 is 5.91 Å². The third-order valence-corrected chi connectivity index (χ3v) is 2.15. The molecule has 5 N–H and O–H groups in total. The van der Waals surface area contributed by atoms with Gasteiger partial charge in [0.05, 0.1) is 12.1 Å². The van der Waals surface area contributed by atoms with Crippen LogP contribution in [0.5, 0.6) is 0 Å². The van der Waals surface area contributed by atoms with Crippen molar-refractivity contribution < 1.29 is 9.32 Å². The molecule has 0 unspecified atom stereocenters. The van der Waals surface area contributed by atoms with E-state index in [-0.39, 0.29) is 0 Å². The Morgan fingerprint density at radius 2 is 2.29 bits per heavy atom. The zero-order valence-electron chi connectivity index (χ0n) is 8.88. The lowest BCUT2D eigenvalue weighted by Crippen LogP contribution is -2.15. The molecule has 7 heteroatoms. The number of primary amides is 1. The summed E-state index contributed by atoms with van der Waals surface area (Å²) in [5, 5.41) is 6.62. The molecule has 0 saturated carbocycles. The van der Waals surface area contributed by atoms with Crippen LogP contribution in [0.15, 0.2) is 29.1 Å². The van der Waals surface area contributed by atoms with Crippen molar-refractivity contribution >= 4 is 17.3 Å². The Labute approximate surface area is 96.8 Å². The van der Waals surface area contributed by atoms with Crippen LogP contribution in [0.25, 0.3) is 0 Å². The van der Waals surface area contributed by atoms with Crippen LogP contribution in [0.3, 0.4) is 0 Å². The molecule has 2 rings (SSSR count). The Kier molecular flexibility index (Phi) is 2.91. The molecule has 1 aromatic heterocycles. The lowest BCUT2D eigenvalue weighted by atomic mass is 10.1. The Morgan fingerprint density at radius 3 is 2.94 bits per heavy atom. The molecule has 0 atom stereocenters.